The van der Waals surface area contributed by atoms with Gasteiger partial charge in [-0.15, -0.1) is 0 Å². The number of rotatable bonds is 4. The summed E-state index contributed by atoms with van der Waals surface area (Å²) in [5.74, 6) is -0.168. The lowest BCUT2D eigenvalue weighted by Crippen LogP contribution is -2.53. The molecule has 0 aliphatic carbocycles. The van der Waals surface area contributed by atoms with Crippen LogP contribution in [-0.4, -0.2) is 50.2 Å². The van der Waals surface area contributed by atoms with Crippen molar-refractivity contribution >= 4 is 5.69 Å². The van der Waals surface area contributed by atoms with Gasteiger partial charge in [0.15, 0.2) is 0 Å². The molecule has 1 aliphatic rings. The Morgan fingerprint density at radius 2 is 1.68 bits per heavy atom. The molecule has 0 atom stereocenters. The lowest BCUT2D eigenvalue weighted by Gasteiger charge is -2.39. The van der Waals surface area contributed by atoms with E-state index in [1.807, 2.05) is 19.2 Å². The van der Waals surface area contributed by atoms with Gasteiger partial charge in [-0.25, -0.2) is 4.39 Å². The van der Waals surface area contributed by atoms with Gasteiger partial charge in [-0.1, -0.05) is 0 Å². The maximum Gasteiger partial charge on any atom is 0.123 e. The van der Waals surface area contributed by atoms with Crippen LogP contribution >= 0.6 is 0 Å². The van der Waals surface area contributed by atoms with E-state index >= 15 is 0 Å². The van der Waals surface area contributed by atoms with Crippen LogP contribution < -0.4 is 10.2 Å². The molecule has 0 unspecified atom stereocenters. The Kier molecular flexibility index (Phi) is 4.42. The van der Waals surface area contributed by atoms with Crippen LogP contribution in [0.4, 0.5) is 10.1 Å². The van der Waals surface area contributed by atoms with Crippen molar-refractivity contribution in [3.63, 3.8) is 0 Å². The molecule has 1 aromatic rings. The van der Waals surface area contributed by atoms with Crippen LogP contribution in [0.15, 0.2) is 24.3 Å². The second-order valence-corrected chi connectivity index (χ2v) is 5.87. The Morgan fingerprint density at radius 3 is 2.21 bits per heavy atom. The largest absolute Gasteiger partial charge is 0.369 e. The summed E-state index contributed by atoms with van der Waals surface area (Å²) in [6.07, 6.45) is 0. The number of nitrogens with zero attached hydrogens (tertiary/aromatic N) is 2. The van der Waals surface area contributed by atoms with E-state index in [1.54, 1.807) is 0 Å². The molecule has 0 bridgehead atoms. The number of nitrogens with one attached hydrogen (secondary N) is 1. The Balaban J connectivity index is 1.87. The third-order valence-electron chi connectivity index (χ3n) is 3.86. The molecule has 1 heterocycles. The zero-order chi connectivity index (χ0) is 13.9. The lowest BCUT2D eigenvalue weighted by molar-refractivity contribution is 0.197. The molecule has 0 aromatic heterocycles. The van der Waals surface area contributed by atoms with Crippen molar-refractivity contribution in [2.24, 2.45) is 0 Å². The summed E-state index contributed by atoms with van der Waals surface area (Å²) in [5, 5.41) is 3.34. The highest BCUT2D eigenvalue weighted by Crippen LogP contribution is 2.17. The van der Waals surface area contributed by atoms with E-state index in [1.165, 1.54) is 12.1 Å². The van der Waals surface area contributed by atoms with Crippen LogP contribution in [0.5, 0.6) is 0 Å². The molecule has 1 fully saturated rings. The van der Waals surface area contributed by atoms with Gasteiger partial charge in [-0.05, 0) is 45.2 Å². The van der Waals surface area contributed by atoms with Gasteiger partial charge in [0.25, 0.3) is 0 Å². The molecule has 1 saturated heterocycles. The van der Waals surface area contributed by atoms with Crippen LogP contribution in [0.2, 0.25) is 0 Å². The average Bonchev–Trinajstić information content (AvgIpc) is 2.40. The molecule has 1 aromatic carbocycles. The average molecular weight is 265 g/mol. The fourth-order valence-corrected chi connectivity index (χ4v) is 2.45. The maximum atomic E-state index is 12.9. The minimum atomic E-state index is -0.168. The molecule has 0 amide bonds. The van der Waals surface area contributed by atoms with E-state index in [0.717, 1.165) is 38.4 Å². The monoisotopic (exact) mass is 265 g/mol. The summed E-state index contributed by atoms with van der Waals surface area (Å²) in [4.78, 5) is 4.80. The first-order chi connectivity index (χ1) is 9.00. The zero-order valence-electron chi connectivity index (χ0n) is 12.1. The predicted molar refractivity (Wildman–Crippen MR) is 78.2 cm³/mol. The van der Waals surface area contributed by atoms with Gasteiger partial charge < -0.3 is 10.2 Å². The highest BCUT2D eigenvalue weighted by Gasteiger charge is 2.23. The van der Waals surface area contributed by atoms with Crippen LogP contribution in [0.1, 0.15) is 13.8 Å². The number of hydrogen-bond acceptors (Lipinski definition) is 3. The third-order valence-corrected chi connectivity index (χ3v) is 3.86. The molecule has 4 heteroatoms. The molecule has 2 rings (SSSR count). The first-order valence-corrected chi connectivity index (χ1v) is 6.92. The first-order valence-electron chi connectivity index (χ1n) is 6.92. The smallest absolute Gasteiger partial charge is 0.123 e. The summed E-state index contributed by atoms with van der Waals surface area (Å²) in [6, 6.07) is 6.79. The van der Waals surface area contributed by atoms with Crippen LogP contribution in [0.3, 0.4) is 0 Å². The van der Waals surface area contributed by atoms with Gasteiger partial charge in [-0.3, -0.25) is 4.90 Å². The summed E-state index contributed by atoms with van der Waals surface area (Å²) in [5.41, 5.74) is 1.27. The van der Waals surface area contributed by atoms with Crippen molar-refractivity contribution < 1.29 is 4.39 Å². The minimum absolute atomic E-state index is 0.151. The normalized spacial score (nSPS) is 17.8. The lowest BCUT2D eigenvalue weighted by atomic mass is 10.0. The standard InChI is InChI=1S/C15H24FN3/c1-15(2,17-3)12-18-8-10-19(11-9-18)14-6-4-13(16)5-7-14/h4-7,17H,8-12H2,1-3H3. The molecule has 1 N–H and O–H groups in total. The van der Waals surface area contributed by atoms with E-state index < -0.39 is 0 Å². The maximum absolute atomic E-state index is 12.9. The molecule has 0 spiro atoms. The van der Waals surface area contributed by atoms with E-state index in [0.29, 0.717) is 0 Å². The molecule has 106 valence electrons. The van der Waals surface area contributed by atoms with Gasteiger partial charge in [0.2, 0.25) is 0 Å². The van der Waals surface area contributed by atoms with Crippen molar-refractivity contribution in [3.05, 3.63) is 30.1 Å². The van der Waals surface area contributed by atoms with E-state index in [9.17, 15) is 4.39 Å². The molecule has 0 saturated carbocycles. The number of hydrogen-bond donors (Lipinski definition) is 1. The second-order valence-electron chi connectivity index (χ2n) is 5.87. The van der Waals surface area contributed by atoms with Gasteiger partial charge in [0.05, 0.1) is 0 Å². The highest BCUT2D eigenvalue weighted by molar-refractivity contribution is 5.46. The van der Waals surface area contributed by atoms with Gasteiger partial charge in [-0.2, -0.15) is 0 Å². The Bertz CT molecular complexity index is 394. The molecule has 0 radical (unpaired) electrons. The molecule has 19 heavy (non-hydrogen) atoms. The number of piperazine rings is 1. The van der Waals surface area contributed by atoms with Gasteiger partial charge in [0.1, 0.15) is 5.82 Å². The fourth-order valence-electron chi connectivity index (χ4n) is 2.45. The Morgan fingerprint density at radius 1 is 1.11 bits per heavy atom. The summed E-state index contributed by atoms with van der Waals surface area (Å²) >= 11 is 0. The van der Waals surface area contributed by atoms with Gasteiger partial charge in [0, 0.05) is 44.0 Å². The van der Waals surface area contributed by atoms with E-state index in [4.69, 9.17) is 0 Å². The summed E-state index contributed by atoms with van der Waals surface area (Å²) < 4.78 is 12.9. The zero-order valence-corrected chi connectivity index (χ0v) is 12.1. The first kappa shape index (κ1) is 14.3. The fraction of sp³-hybridized carbons (Fsp3) is 0.600. The molecule has 3 nitrogen and oxygen atoms in total. The molecular formula is C15H24FN3. The highest BCUT2D eigenvalue weighted by atomic mass is 19.1. The number of likely N-dealkylation sites (N-methyl/N-ethyl adjacent to an activating group) is 1. The summed E-state index contributed by atoms with van der Waals surface area (Å²) in [7, 11) is 2.01. The number of halogens is 1. The van der Waals surface area contributed by atoms with Crippen LogP contribution in [0.25, 0.3) is 0 Å². The topological polar surface area (TPSA) is 18.5 Å². The number of benzene rings is 1. The van der Waals surface area contributed by atoms with Crippen LogP contribution in [-0.2, 0) is 0 Å². The molecule has 1 aliphatic heterocycles. The summed E-state index contributed by atoms with van der Waals surface area (Å²) in [6.45, 7) is 9.63. The Hall–Kier alpha value is -1.13. The van der Waals surface area contributed by atoms with Crippen molar-refractivity contribution in [3.8, 4) is 0 Å². The van der Waals surface area contributed by atoms with Crippen molar-refractivity contribution in [2.45, 2.75) is 19.4 Å². The van der Waals surface area contributed by atoms with Crippen LogP contribution in [0, 0.1) is 5.82 Å². The van der Waals surface area contributed by atoms with E-state index in [-0.39, 0.29) is 11.4 Å². The molecular weight excluding hydrogens is 241 g/mol. The third kappa shape index (κ3) is 3.91. The van der Waals surface area contributed by atoms with Gasteiger partial charge >= 0.3 is 0 Å². The Labute approximate surface area is 115 Å². The van der Waals surface area contributed by atoms with Crippen molar-refractivity contribution in [1.29, 1.82) is 0 Å². The minimum Gasteiger partial charge on any atom is -0.369 e. The number of anilines is 1. The van der Waals surface area contributed by atoms with Crippen molar-refractivity contribution in [1.82, 2.24) is 10.2 Å². The quantitative estimate of drug-likeness (QED) is 0.897. The predicted octanol–water partition coefficient (Wildman–Crippen LogP) is 1.95. The SMILES string of the molecule is CNC(C)(C)CN1CCN(c2ccc(F)cc2)CC1. The second kappa shape index (κ2) is 5.88. The van der Waals surface area contributed by atoms with Crippen molar-refractivity contribution in [2.75, 3.05) is 44.7 Å². The van der Waals surface area contributed by atoms with E-state index in [2.05, 4.69) is 29.0 Å².